The zero-order valence-corrected chi connectivity index (χ0v) is 42.7. The molecule has 2 saturated heterocycles. The smallest absolute Gasteiger partial charge is 0.254 e. The molecule has 1 aliphatic carbocycles. The van der Waals surface area contributed by atoms with Crippen molar-refractivity contribution in [1.29, 1.82) is 0 Å². The van der Waals surface area contributed by atoms with Gasteiger partial charge in [0.15, 0.2) is 0 Å². The standard InChI is InChI=1S/C29H40ClFN6O4S.C12H14N2S.C6H11NO.CH3NO/c1-28(2,24(19-38)29(31)7-8-29)42-16-15-41-14-13-36-9-11-37(12-10-36)26(39)20-5-6-22(23(17-20)40-4)34-27-33-18-21(30)25(32-3)35-27;1-9-12(15-8-14-9)11-5-3-10(4-6-11)7-13-2;1-7-4-2-3-6(7)5-8;2-1-3/h5-6,17-19,24H,7-16H2,1-4H3,(H2,32,33,34,35);3-6,8,13H,7H2,1-2H3;5-6H,2-4H2,1H3;1H,(H2,2,3). The lowest BCUT2D eigenvalue weighted by Gasteiger charge is -2.35. The van der Waals surface area contributed by atoms with Crippen molar-refractivity contribution in [3.05, 3.63) is 76.0 Å². The molecule has 2 aliphatic heterocycles. The van der Waals surface area contributed by atoms with Gasteiger partial charge >= 0.3 is 0 Å². The van der Waals surface area contributed by atoms with Gasteiger partial charge in [-0.2, -0.15) is 16.7 Å². The van der Waals surface area contributed by atoms with Gasteiger partial charge in [0.2, 0.25) is 12.4 Å². The lowest BCUT2D eigenvalue weighted by Crippen LogP contribution is -2.49. The third-order valence-electron chi connectivity index (χ3n) is 11.8. The van der Waals surface area contributed by atoms with Crippen molar-refractivity contribution in [3.8, 4) is 16.2 Å². The van der Waals surface area contributed by atoms with Crippen LogP contribution < -0.4 is 26.4 Å². The number of thioether (sulfide) groups is 1. The van der Waals surface area contributed by atoms with Crippen LogP contribution in [0, 0.1) is 12.8 Å². The number of aromatic nitrogens is 3. The van der Waals surface area contributed by atoms with Gasteiger partial charge in [-0.3, -0.25) is 19.4 Å². The molecule has 2 unspecified atom stereocenters. The molecule has 0 spiro atoms. The molecule has 68 heavy (non-hydrogen) atoms. The second kappa shape index (κ2) is 28.0. The van der Waals surface area contributed by atoms with Crippen molar-refractivity contribution in [2.24, 2.45) is 11.7 Å². The minimum atomic E-state index is -1.32. The van der Waals surface area contributed by atoms with E-state index in [9.17, 15) is 18.8 Å². The number of likely N-dealkylation sites (tertiary alicyclic amines) is 1. The van der Waals surface area contributed by atoms with Crippen molar-refractivity contribution < 1.29 is 33.0 Å². The van der Waals surface area contributed by atoms with E-state index in [2.05, 4.69) is 70.7 Å². The van der Waals surface area contributed by atoms with Crippen LogP contribution in [0.4, 0.5) is 21.8 Å². The van der Waals surface area contributed by atoms with Crippen LogP contribution in [-0.2, 0) is 25.7 Å². The zero-order chi connectivity index (χ0) is 49.7. The third-order valence-corrected chi connectivity index (χ3v) is 14.5. The summed E-state index contributed by atoms with van der Waals surface area (Å²) in [6, 6.07) is 14.1. The highest BCUT2D eigenvalue weighted by atomic mass is 35.5. The number of alkyl halides is 1. The average Bonchev–Trinajstić information content (AvgIpc) is 3.68. The lowest BCUT2D eigenvalue weighted by atomic mass is 9.90. The summed E-state index contributed by atoms with van der Waals surface area (Å²) in [4.78, 5) is 63.7. The van der Waals surface area contributed by atoms with Gasteiger partial charge in [-0.1, -0.05) is 35.9 Å². The van der Waals surface area contributed by atoms with Gasteiger partial charge in [-0.25, -0.2) is 14.4 Å². The van der Waals surface area contributed by atoms with Crippen molar-refractivity contribution in [2.75, 3.05) is 97.1 Å². The average molecular weight is 1000 g/mol. The Morgan fingerprint density at radius 2 is 1.78 bits per heavy atom. The molecule has 16 nitrogen and oxygen atoms in total. The van der Waals surface area contributed by atoms with E-state index in [0.29, 0.717) is 78.7 Å². The zero-order valence-electron chi connectivity index (χ0n) is 40.3. The van der Waals surface area contributed by atoms with Crippen LogP contribution in [0.1, 0.15) is 61.1 Å². The quantitative estimate of drug-likeness (QED) is 0.0569. The molecule has 2 atom stereocenters. The first-order valence-electron chi connectivity index (χ1n) is 22.6. The molecule has 2 aromatic heterocycles. The van der Waals surface area contributed by atoms with Gasteiger partial charge in [-0.05, 0) is 96.4 Å². The maximum atomic E-state index is 14.5. The number of aryl methyl sites for hydroxylation is 1. The first kappa shape index (κ1) is 55.8. The highest BCUT2D eigenvalue weighted by molar-refractivity contribution is 8.00. The molecule has 0 bridgehead atoms. The summed E-state index contributed by atoms with van der Waals surface area (Å²) in [7, 11) is 7.22. The number of nitrogens with zero attached hydrogens (tertiary/aromatic N) is 6. The maximum Gasteiger partial charge on any atom is 0.254 e. The molecule has 2 amide bonds. The number of likely N-dealkylation sites (N-methyl/N-ethyl adjacent to an activating group) is 1. The van der Waals surface area contributed by atoms with Crippen molar-refractivity contribution in [1.82, 2.24) is 35.0 Å². The number of ether oxygens (including phenoxy) is 2. The SMILES string of the molecule is CN1CCCC1C=O.CNCc1ccc(-c2scnc2C)cc1.CNc1nc(Nc2ccc(C(=O)N3CCN(CCOCCSC(C)(C)C(C=O)C4(F)CC4)CC3)cc2OC)ncc1Cl.NC=O. The molecule has 20 heteroatoms. The van der Waals surface area contributed by atoms with Crippen LogP contribution >= 0.6 is 34.7 Å². The number of carbonyl (C=O) groups excluding carboxylic acids is 4. The van der Waals surface area contributed by atoms with Crippen molar-refractivity contribution >= 4 is 77.0 Å². The number of amides is 2. The fourth-order valence-electron chi connectivity index (χ4n) is 7.76. The number of nitrogens with two attached hydrogens (primary N) is 1. The first-order valence-corrected chi connectivity index (χ1v) is 24.9. The van der Waals surface area contributed by atoms with E-state index in [4.69, 9.17) is 25.9 Å². The van der Waals surface area contributed by atoms with Gasteiger partial charge in [-0.15, -0.1) is 11.3 Å². The number of rotatable bonds is 19. The van der Waals surface area contributed by atoms with Crippen LogP contribution in [0.3, 0.4) is 0 Å². The van der Waals surface area contributed by atoms with Crippen molar-refractivity contribution in [2.45, 2.75) is 69.5 Å². The van der Waals surface area contributed by atoms with Crippen LogP contribution in [-0.4, -0.2) is 157 Å². The van der Waals surface area contributed by atoms with Gasteiger partial charge in [0.05, 0.1) is 60.2 Å². The third kappa shape index (κ3) is 16.7. The number of carbonyl (C=O) groups is 4. The number of hydrogen-bond donors (Lipinski definition) is 4. The molecule has 3 fully saturated rings. The fourth-order valence-corrected chi connectivity index (χ4v) is 9.93. The van der Waals surface area contributed by atoms with Crippen LogP contribution in [0.15, 0.2) is 54.2 Å². The summed E-state index contributed by atoms with van der Waals surface area (Å²) in [5.74, 6) is 1.42. The maximum absolute atomic E-state index is 14.5. The molecule has 372 valence electrons. The van der Waals surface area contributed by atoms with Crippen LogP contribution in [0.25, 0.3) is 10.4 Å². The molecule has 4 aromatic rings. The number of nitrogens with one attached hydrogen (secondary N) is 3. The topological polar surface area (TPSA) is 197 Å². The Hall–Kier alpha value is -4.76. The second-order valence-electron chi connectivity index (χ2n) is 17.0. The minimum Gasteiger partial charge on any atom is -0.495 e. The second-order valence-corrected chi connectivity index (χ2v) is 20.0. The highest BCUT2D eigenvalue weighted by Gasteiger charge is 2.55. The first-order chi connectivity index (χ1) is 32.7. The Morgan fingerprint density at radius 1 is 1.07 bits per heavy atom. The van der Waals surface area contributed by atoms with E-state index in [1.54, 1.807) is 55.5 Å². The van der Waals surface area contributed by atoms with E-state index in [1.807, 2.05) is 45.3 Å². The summed E-state index contributed by atoms with van der Waals surface area (Å²) in [5.41, 5.74) is 9.59. The molecule has 1 saturated carbocycles. The molecular formula is C48H68ClFN10O6S2. The molecule has 5 N–H and O–H groups in total. The molecule has 7 rings (SSSR count). The molecule has 0 radical (unpaired) electrons. The minimum absolute atomic E-state index is 0.0505. The Balaban J connectivity index is 0.000000312. The summed E-state index contributed by atoms with van der Waals surface area (Å²) < 4.78 is 25.4. The normalized spacial score (nSPS) is 16.9. The number of thiazole rings is 1. The number of primary amides is 1. The summed E-state index contributed by atoms with van der Waals surface area (Å²) >= 11 is 9.35. The Labute approximate surface area is 413 Å². The number of benzene rings is 2. The van der Waals surface area contributed by atoms with E-state index in [0.717, 1.165) is 57.4 Å². The fraction of sp³-hybridized carbons (Fsp3) is 0.521. The van der Waals surface area contributed by atoms with Crippen molar-refractivity contribution in [3.63, 3.8) is 0 Å². The summed E-state index contributed by atoms with van der Waals surface area (Å²) in [6.07, 6.45) is 6.77. The van der Waals surface area contributed by atoms with E-state index < -0.39 is 16.3 Å². The molecular weight excluding hydrogens is 931 g/mol. The van der Waals surface area contributed by atoms with Gasteiger partial charge < -0.3 is 45.6 Å². The monoisotopic (exact) mass is 998 g/mol. The van der Waals surface area contributed by atoms with Gasteiger partial charge in [0, 0.05) is 62.4 Å². The molecule has 2 aromatic carbocycles. The van der Waals surface area contributed by atoms with E-state index in [-0.39, 0.29) is 18.4 Å². The number of halogens is 2. The number of aldehydes is 2. The largest absolute Gasteiger partial charge is 0.495 e. The van der Waals surface area contributed by atoms with E-state index >= 15 is 0 Å². The Kier molecular flexibility index (Phi) is 23.0. The lowest BCUT2D eigenvalue weighted by molar-refractivity contribution is -0.114. The predicted molar refractivity (Wildman–Crippen MR) is 272 cm³/mol. The molecule has 4 heterocycles. The summed E-state index contributed by atoms with van der Waals surface area (Å²) in [6.45, 7) is 12.6. The number of anilines is 3. The highest BCUT2D eigenvalue weighted by Crippen LogP contribution is 2.52. The Morgan fingerprint density at radius 3 is 2.32 bits per heavy atom. The van der Waals surface area contributed by atoms with Gasteiger partial charge in [0.1, 0.15) is 34.8 Å². The summed E-state index contributed by atoms with van der Waals surface area (Å²) in [5, 5.41) is 9.58. The molecule has 3 aliphatic rings. The number of piperazine rings is 1. The number of hydrogen-bond acceptors (Lipinski definition) is 16. The van der Waals surface area contributed by atoms with Crippen LogP contribution in [0.5, 0.6) is 5.75 Å². The van der Waals surface area contributed by atoms with Gasteiger partial charge in [0.25, 0.3) is 5.91 Å². The predicted octanol–water partition coefficient (Wildman–Crippen LogP) is 6.75. The van der Waals surface area contributed by atoms with Crippen LogP contribution in [0.2, 0.25) is 5.02 Å². The van der Waals surface area contributed by atoms with E-state index in [1.165, 1.54) is 28.6 Å². The number of methoxy groups -OCH3 is 1. The Bertz CT molecular complexity index is 2190.